The number of carbonyl (C=O) groups excluding carboxylic acids is 1. The van der Waals surface area contributed by atoms with Crippen molar-refractivity contribution in [1.82, 2.24) is 0 Å². The van der Waals surface area contributed by atoms with Crippen molar-refractivity contribution in [2.45, 2.75) is 33.8 Å². The maximum Gasteiger partial charge on any atom is 0.334 e. The minimum Gasteiger partial charge on any atom is -0.458 e. The number of rotatable bonds is 0. The van der Waals surface area contributed by atoms with E-state index in [0.717, 1.165) is 0 Å². The summed E-state index contributed by atoms with van der Waals surface area (Å²) < 4.78 is 5.21. The highest BCUT2D eigenvalue weighted by atomic mass is 16.6. The van der Waals surface area contributed by atoms with Crippen molar-refractivity contribution in [3.63, 3.8) is 0 Å². The second-order valence-corrected chi connectivity index (χ2v) is 4.51. The van der Waals surface area contributed by atoms with E-state index >= 15 is 0 Å². The molecular formula is C10H16O2. The molecular weight excluding hydrogens is 152 g/mol. The van der Waals surface area contributed by atoms with E-state index in [1.165, 1.54) is 0 Å². The Balaban J connectivity index is 2.85. The van der Waals surface area contributed by atoms with Crippen LogP contribution in [0.15, 0.2) is 12.2 Å². The Bertz CT molecular complexity index is 222. The molecule has 0 radical (unpaired) electrons. The van der Waals surface area contributed by atoms with Crippen LogP contribution in [0.1, 0.15) is 27.7 Å². The number of esters is 1. The molecule has 12 heavy (non-hydrogen) atoms. The minimum atomic E-state index is -0.234. The van der Waals surface area contributed by atoms with E-state index in [4.69, 9.17) is 4.74 Å². The summed E-state index contributed by atoms with van der Waals surface area (Å²) in [6, 6.07) is 0. The smallest absolute Gasteiger partial charge is 0.334 e. The summed E-state index contributed by atoms with van der Waals surface area (Å²) >= 11 is 0. The Morgan fingerprint density at radius 2 is 1.92 bits per heavy atom. The van der Waals surface area contributed by atoms with Crippen LogP contribution >= 0.6 is 0 Å². The molecule has 1 fully saturated rings. The third kappa shape index (κ3) is 1.38. The first-order chi connectivity index (χ1) is 5.34. The van der Waals surface area contributed by atoms with E-state index in [1.54, 1.807) is 0 Å². The highest BCUT2D eigenvalue weighted by Gasteiger charge is 2.42. The van der Waals surface area contributed by atoms with Crippen molar-refractivity contribution in [2.24, 2.45) is 11.3 Å². The molecule has 0 saturated carbocycles. The van der Waals surface area contributed by atoms with Crippen molar-refractivity contribution in [2.75, 3.05) is 0 Å². The molecule has 1 saturated heterocycles. The third-order valence-electron chi connectivity index (χ3n) is 2.35. The van der Waals surface area contributed by atoms with Gasteiger partial charge in [0.15, 0.2) is 0 Å². The molecule has 2 heteroatoms. The molecule has 0 bridgehead atoms. The number of hydrogen-bond acceptors (Lipinski definition) is 2. The molecule has 0 aromatic heterocycles. The fourth-order valence-electron chi connectivity index (χ4n) is 1.59. The van der Waals surface area contributed by atoms with Crippen LogP contribution in [-0.2, 0) is 9.53 Å². The van der Waals surface area contributed by atoms with E-state index in [2.05, 4.69) is 27.4 Å². The number of cyclic esters (lactones) is 1. The van der Waals surface area contributed by atoms with Gasteiger partial charge in [-0.05, 0) is 5.41 Å². The van der Waals surface area contributed by atoms with Crippen LogP contribution < -0.4 is 0 Å². The summed E-state index contributed by atoms with van der Waals surface area (Å²) in [6.07, 6.45) is -0.0162. The van der Waals surface area contributed by atoms with Gasteiger partial charge in [0.05, 0.1) is 0 Å². The molecule has 1 heterocycles. The first kappa shape index (κ1) is 9.30. The molecule has 1 aliphatic heterocycles. The van der Waals surface area contributed by atoms with Gasteiger partial charge in [-0.3, -0.25) is 0 Å². The molecule has 2 nitrogen and oxygen atoms in total. The molecule has 1 aliphatic rings. The third-order valence-corrected chi connectivity index (χ3v) is 2.35. The maximum absolute atomic E-state index is 11.1. The zero-order valence-corrected chi connectivity index (χ0v) is 8.18. The van der Waals surface area contributed by atoms with E-state index in [0.29, 0.717) is 5.57 Å². The summed E-state index contributed by atoms with van der Waals surface area (Å²) in [7, 11) is 0. The van der Waals surface area contributed by atoms with Crippen LogP contribution in [-0.4, -0.2) is 12.1 Å². The van der Waals surface area contributed by atoms with Gasteiger partial charge >= 0.3 is 5.97 Å². The highest BCUT2D eigenvalue weighted by Crippen LogP contribution is 2.37. The van der Waals surface area contributed by atoms with Gasteiger partial charge in [-0.25, -0.2) is 4.79 Å². The quantitative estimate of drug-likeness (QED) is 0.409. The Labute approximate surface area is 73.6 Å². The maximum atomic E-state index is 11.1. The van der Waals surface area contributed by atoms with Gasteiger partial charge in [-0.15, -0.1) is 0 Å². The van der Waals surface area contributed by atoms with Gasteiger partial charge in [0, 0.05) is 11.5 Å². The minimum absolute atomic E-state index is 0.00845. The summed E-state index contributed by atoms with van der Waals surface area (Å²) in [4.78, 5) is 11.1. The average Bonchev–Trinajstić information content (AvgIpc) is 2.15. The fourth-order valence-corrected chi connectivity index (χ4v) is 1.59. The molecule has 0 N–H and O–H groups in total. The van der Waals surface area contributed by atoms with Gasteiger partial charge < -0.3 is 4.74 Å². The van der Waals surface area contributed by atoms with Gasteiger partial charge in [0.1, 0.15) is 6.10 Å². The van der Waals surface area contributed by atoms with Crippen molar-refractivity contribution < 1.29 is 9.53 Å². The predicted octanol–water partition coefficient (Wildman–Crippen LogP) is 2.15. The molecule has 0 aromatic carbocycles. The normalized spacial score (nSPS) is 30.7. The van der Waals surface area contributed by atoms with Crippen LogP contribution in [0.4, 0.5) is 0 Å². The van der Waals surface area contributed by atoms with E-state index in [9.17, 15) is 4.79 Å². The summed E-state index contributed by atoms with van der Waals surface area (Å²) in [5, 5.41) is 0. The topological polar surface area (TPSA) is 26.3 Å². The second-order valence-electron chi connectivity index (χ2n) is 4.51. The zero-order valence-electron chi connectivity index (χ0n) is 8.18. The van der Waals surface area contributed by atoms with Gasteiger partial charge in [0.2, 0.25) is 0 Å². The Morgan fingerprint density at radius 1 is 1.42 bits per heavy atom. The SMILES string of the molecule is C=C1C(=O)O[C@@H](C(C)(C)C)[C@H]1C. The molecule has 0 amide bonds. The van der Waals surface area contributed by atoms with Crippen LogP contribution in [0, 0.1) is 11.3 Å². The van der Waals surface area contributed by atoms with Gasteiger partial charge in [-0.2, -0.15) is 0 Å². The number of hydrogen-bond donors (Lipinski definition) is 0. The predicted molar refractivity (Wildman–Crippen MR) is 47.6 cm³/mol. The van der Waals surface area contributed by atoms with Crippen molar-refractivity contribution in [3.8, 4) is 0 Å². The van der Waals surface area contributed by atoms with Crippen molar-refractivity contribution in [3.05, 3.63) is 12.2 Å². The first-order valence-corrected chi connectivity index (χ1v) is 4.24. The summed E-state index contributed by atoms with van der Waals surface area (Å²) in [5.41, 5.74) is 0.615. The van der Waals surface area contributed by atoms with Crippen molar-refractivity contribution in [1.29, 1.82) is 0 Å². The van der Waals surface area contributed by atoms with Crippen LogP contribution in [0.25, 0.3) is 0 Å². The summed E-state index contributed by atoms with van der Waals surface area (Å²) in [5.74, 6) is -0.0834. The van der Waals surface area contributed by atoms with E-state index in [-0.39, 0.29) is 23.4 Å². The van der Waals surface area contributed by atoms with Crippen LogP contribution in [0.3, 0.4) is 0 Å². The van der Waals surface area contributed by atoms with Gasteiger partial charge in [0.25, 0.3) is 0 Å². The van der Waals surface area contributed by atoms with Crippen LogP contribution in [0.2, 0.25) is 0 Å². The monoisotopic (exact) mass is 168 g/mol. The lowest BCUT2D eigenvalue weighted by Gasteiger charge is -2.28. The van der Waals surface area contributed by atoms with Crippen LogP contribution in [0.5, 0.6) is 0 Å². The number of ether oxygens (including phenoxy) is 1. The van der Waals surface area contributed by atoms with E-state index < -0.39 is 0 Å². The average molecular weight is 168 g/mol. The standard InChI is InChI=1S/C10H16O2/c1-6-7(2)9(11)12-8(6)10(3,4)5/h6,8H,2H2,1,3-5H3/t6-,8+/m0/s1. The summed E-state index contributed by atoms with van der Waals surface area (Å²) in [6.45, 7) is 11.9. The largest absolute Gasteiger partial charge is 0.458 e. The Kier molecular flexibility index (Phi) is 2.02. The second kappa shape index (κ2) is 2.61. The molecule has 2 atom stereocenters. The number of carbonyl (C=O) groups is 1. The zero-order chi connectivity index (χ0) is 9.52. The lowest BCUT2D eigenvalue weighted by atomic mass is 9.81. The van der Waals surface area contributed by atoms with Crippen molar-refractivity contribution >= 4 is 5.97 Å². The lowest BCUT2D eigenvalue weighted by molar-refractivity contribution is -0.143. The highest BCUT2D eigenvalue weighted by molar-refractivity contribution is 5.90. The molecule has 68 valence electrons. The van der Waals surface area contributed by atoms with E-state index in [1.807, 2.05) is 6.92 Å². The molecule has 1 rings (SSSR count). The van der Waals surface area contributed by atoms with Gasteiger partial charge in [-0.1, -0.05) is 34.3 Å². The molecule has 0 aromatic rings. The Hall–Kier alpha value is -0.790. The first-order valence-electron chi connectivity index (χ1n) is 4.24. The lowest BCUT2D eigenvalue weighted by Crippen LogP contribution is -2.30. The molecule has 0 aliphatic carbocycles. The molecule has 0 unspecified atom stereocenters. The fraction of sp³-hybridized carbons (Fsp3) is 0.700. The Morgan fingerprint density at radius 3 is 2.08 bits per heavy atom. The molecule has 0 spiro atoms.